The number of para-hydroxylation sites is 1. The van der Waals surface area contributed by atoms with Crippen molar-refractivity contribution in [3.63, 3.8) is 0 Å². The summed E-state index contributed by atoms with van der Waals surface area (Å²) in [5.41, 5.74) is 8.63. The number of hydrogen-bond donors (Lipinski definition) is 5. The highest BCUT2D eigenvalue weighted by Gasteiger charge is 2.57. The van der Waals surface area contributed by atoms with Crippen LogP contribution in [0.5, 0.6) is 5.75 Å². The van der Waals surface area contributed by atoms with Crippen LogP contribution >= 0.6 is 0 Å². The first kappa shape index (κ1) is 40.5. The van der Waals surface area contributed by atoms with Crippen molar-refractivity contribution >= 4 is 17.4 Å². The molecule has 284 valence electrons. The summed E-state index contributed by atoms with van der Waals surface area (Å²) in [6.45, 7) is 17.1. The molecule has 2 amide bonds. The van der Waals surface area contributed by atoms with E-state index < -0.39 is 24.2 Å². The molecule has 5 rings (SSSR count). The number of nitrogens with one attached hydrogen (secondary N) is 2. The molecule has 0 radical (unpaired) electrons. The third-order valence-electron chi connectivity index (χ3n) is 11.4. The van der Waals surface area contributed by atoms with Crippen molar-refractivity contribution in [2.24, 2.45) is 40.7 Å². The maximum absolute atomic E-state index is 14.2. The van der Waals surface area contributed by atoms with Crippen LogP contribution in [-0.4, -0.2) is 96.7 Å². The lowest BCUT2D eigenvalue weighted by molar-refractivity contribution is -0.183. The van der Waals surface area contributed by atoms with Crippen LogP contribution < -0.4 is 21.1 Å². The summed E-state index contributed by atoms with van der Waals surface area (Å²) in [4.78, 5) is 35.6. The van der Waals surface area contributed by atoms with Crippen LogP contribution in [0.1, 0.15) is 71.9 Å². The number of aliphatic hydroxyl groups is 2. The molecule has 11 heteroatoms. The molecule has 0 spiro atoms. The van der Waals surface area contributed by atoms with E-state index in [9.17, 15) is 19.8 Å². The fourth-order valence-corrected chi connectivity index (χ4v) is 8.85. The normalized spacial score (nSPS) is 28.8. The van der Waals surface area contributed by atoms with Gasteiger partial charge >= 0.3 is 0 Å². The van der Waals surface area contributed by atoms with E-state index in [0.717, 1.165) is 19.4 Å². The number of nitrogens with two attached hydrogens (primary N) is 1. The summed E-state index contributed by atoms with van der Waals surface area (Å²) >= 11 is 0. The number of methoxy groups -OCH3 is 1. The number of hydroxylamine groups is 2. The molecular weight excluding hydrogens is 646 g/mol. The van der Waals surface area contributed by atoms with E-state index in [1.165, 1.54) is 12.5 Å². The molecule has 51 heavy (non-hydrogen) atoms. The van der Waals surface area contributed by atoms with Crippen molar-refractivity contribution in [2.45, 2.75) is 97.7 Å². The molecule has 3 saturated carbocycles. The van der Waals surface area contributed by atoms with E-state index in [1.807, 2.05) is 32.3 Å². The van der Waals surface area contributed by atoms with Gasteiger partial charge in [0.1, 0.15) is 17.9 Å². The number of carbonyl (C=O) groups excluding carboxylic acids is 2. The van der Waals surface area contributed by atoms with Gasteiger partial charge < -0.3 is 36.2 Å². The standard InChI is InChI=1S/C40H63N5O6/c1-23(2)16-30(21-44(8)9)42-35(48)15-14-27(17-24(3)41)31-13-11-12-28(38(31)50-10)20-45-37(36(26(5)47)34(22-46)51-45)39(49)43-33-19-29-18-32(25(33)4)40(29,6)7/h11-15,17,23,25-26,29-30,32-34,36-37,46-47H,3,16,18-22,41H2,1-2,4-10H3,(H,42,48)(H,43,49)/b15-14+,27-17+/t25-,26-,29-,30-,32-,33-,34-,36+,37-/m0/s1. The Balaban J connectivity index is 1.60. The van der Waals surface area contributed by atoms with E-state index >= 15 is 0 Å². The van der Waals surface area contributed by atoms with Crippen molar-refractivity contribution in [2.75, 3.05) is 34.4 Å². The Morgan fingerprint density at radius 1 is 1.22 bits per heavy atom. The highest BCUT2D eigenvalue weighted by Crippen LogP contribution is 2.61. The second-order valence-electron chi connectivity index (χ2n) is 16.3. The minimum absolute atomic E-state index is 0.00963. The molecule has 4 aliphatic rings. The predicted molar refractivity (Wildman–Crippen MR) is 201 cm³/mol. The van der Waals surface area contributed by atoms with Gasteiger partial charge in [-0.1, -0.05) is 59.4 Å². The lowest BCUT2D eigenvalue weighted by Gasteiger charge is -2.62. The van der Waals surface area contributed by atoms with Crippen molar-refractivity contribution in [3.05, 3.63) is 59.8 Å². The second kappa shape index (κ2) is 17.1. The molecular formula is C40H63N5O6. The third-order valence-corrected chi connectivity index (χ3v) is 11.4. The summed E-state index contributed by atoms with van der Waals surface area (Å²) in [6.07, 6.45) is 6.15. The minimum atomic E-state index is -0.911. The van der Waals surface area contributed by atoms with Gasteiger partial charge in [0, 0.05) is 47.4 Å². The van der Waals surface area contributed by atoms with Gasteiger partial charge in [-0.15, -0.1) is 0 Å². The van der Waals surface area contributed by atoms with Crippen molar-refractivity contribution < 1.29 is 29.4 Å². The maximum Gasteiger partial charge on any atom is 0.244 e. The van der Waals surface area contributed by atoms with Crippen LogP contribution in [0, 0.1) is 35.0 Å². The molecule has 9 atom stereocenters. The number of benzene rings is 1. The highest BCUT2D eigenvalue weighted by molar-refractivity contribution is 5.92. The maximum atomic E-state index is 14.2. The number of fused-ring (bicyclic) bond motifs is 2. The quantitative estimate of drug-likeness (QED) is 0.127. The molecule has 6 N–H and O–H groups in total. The van der Waals surface area contributed by atoms with Crippen LogP contribution in [0.25, 0.3) is 5.57 Å². The monoisotopic (exact) mass is 709 g/mol. The predicted octanol–water partition coefficient (Wildman–Crippen LogP) is 3.86. The van der Waals surface area contributed by atoms with E-state index in [1.54, 1.807) is 31.2 Å². The van der Waals surface area contributed by atoms with E-state index in [2.05, 4.69) is 56.7 Å². The number of aliphatic hydroxyl groups excluding tert-OH is 2. The molecule has 1 saturated heterocycles. The summed E-state index contributed by atoms with van der Waals surface area (Å²) < 4.78 is 5.97. The molecule has 1 aliphatic heterocycles. The van der Waals surface area contributed by atoms with Gasteiger partial charge in [0.05, 0.1) is 26.4 Å². The molecule has 0 unspecified atom stereocenters. The molecule has 11 nitrogen and oxygen atoms in total. The Morgan fingerprint density at radius 2 is 1.92 bits per heavy atom. The first-order chi connectivity index (χ1) is 24.0. The summed E-state index contributed by atoms with van der Waals surface area (Å²) in [7, 11) is 5.53. The summed E-state index contributed by atoms with van der Waals surface area (Å²) in [5.74, 6) is 1.27. The van der Waals surface area contributed by atoms with Gasteiger partial charge in [-0.3, -0.25) is 14.4 Å². The van der Waals surface area contributed by atoms with Crippen LogP contribution in [-0.2, 0) is 21.0 Å². The summed E-state index contributed by atoms with van der Waals surface area (Å²) in [6, 6.07) is 4.78. The zero-order chi connectivity index (χ0) is 37.8. The molecule has 4 fully saturated rings. The Labute approximate surface area is 305 Å². The Morgan fingerprint density at radius 3 is 2.47 bits per heavy atom. The molecule has 0 aromatic heterocycles. The minimum Gasteiger partial charge on any atom is -0.496 e. The van der Waals surface area contributed by atoms with Gasteiger partial charge in [-0.2, -0.15) is 5.06 Å². The number of carbonyl (C=O) groups is 2. The number of nitrogens with zero attached hydrogens (tertiary/aromatic N) is 2. The molecule has 2 bridgehead atoms. The number of hydrogen-bond acceptors (Lipinski definition) is 9. The molecule has 1 aromatic carbocycles. The van der Waals surface area contributed by atoms with Gasteiger partial charge in [-0.25, -0.2) is 0 Å². The number of likely N-dealkylation sites (N-methyl/N-ethyl adjacent to an activating group) is 1. The van der Waals surface area contributed by atoms with E-state index in [0.29, 0.717) is 51.8 Å². The average Bonchev–Trinajstić information content (AvgIpc) is 3.41. The smallest absolute Gasteiger partial charge is 0.244 e. The largest absolute Gasteiger partial charge is 0.496 e. The van der Waals surface area contributed by atoms with Crippen LogP contribution in [0.4, 0.5) is 0 Å². The lowest BCUT2D eigenvalue weighted by Crippen LogP contribution is -2.62. The fourth-order valence-electron chi connectivity index (χ4n) is 8.85. The second-order valence-corrected chi connectivity index (χ2v) is 16.3. The van der Waals surface area contributed by atoms with Crippen LogP contribution in [0.15, 0.2) is 48.7 Å². The lowest BCUT2D eigenvalue weighted by atomic mass is 9.45. The Bertz CT molecular complexity index is 1440. The number of ether oxygens (including phenoxy) is 1. The zero-order valence-electron chi connectivity index (χ0n) is 32.2. The summed E-state index contributed by atoms with van der Waals surface area (Å²) in [5, 5.41) is 29.2. The average molecular weight is 710 g/mol. The number of rotatable bonds is 16. The molecule has 3 aliphatic carbocycles. The van der Waals surface area contributed by atoms with E-state index in [-0.39, 0.29) is 42.5 Å². The van der Waals surface area contributed by atoms with E-state index in [4.69, 9.17) is 15.3 Å². The van der Waals surface area contributed by atoms with Gasteiger partial charge in [0.2, 0.25) is 11.8 Å². The molecule has 1 heterocycles. The highest BCUT2D eigenvalue weighted by atomic mass is 16.7. The zero-order valence-corrected chi connectivity index (χ0v) is 32.2. The topological polar surface area (TPSA) is 150 Å². The van der Waals surface area contributed by atoms with Crippen LogP contribution in [0.3, 0.4) is 0 Å². The van der Waals surface area contributed by atoms with Crippen molar-refractivity contribution in [1.29, 1.82) is 0 Å². The van der Waals surface area contributed by atoms with Crippen LogP contribution in [0.2, 0.25) is 0 Å². The Kier molecular flexibility index (Phi) is 13.6. The van der Waals surface area contributed by atoms with Gasteiger partial charge in [-0.05, 0) is 87.1 Å². The number of amides is 2. The van der Waals surface area contributed by atoms with Crippen molar-refractivity contribution in [1.82, 2.24) is 20.6 Å². The SMILES string of the molecule is C=C(N)/C=C(\C=C\C(=O)N[C@@H](CC(C)C)CN(C)C)c1cccc(CN2O[C@@H](CO)[C@@H]([C@H](C)O)[C@H]2C(=O)N[C@H]2C[C@@H]3C[C@@H]([C@@H]2C)C3(C)C)c1OC. The molecule has 1 aromatic rings. The third kappa shape index (κ3) is 9.42. The first-order valence-electron chi connectivity index (χ1n) is 18.5. The number of allylic oxidation sites excluding steroid dienone is 3. The Hall–Kier alpha value is -3.22. The fraction of sp³-hybridized carbons (Fsp3) is 0.650. The first-order valence-corrected chi connectivity index (χ1v) is 18.5. The van der Waals surface area contributed by atoms with Gasteiger partial charge in [0.25, 0.3) is 0 Å². The van der Waals surface area contributed by atoms with Crippen molar-refractivity contribution in [3.8, 4) is 5.75 Å². The van der Waals surface area contributed by atoms with Gasteiger partial charge in [0.15, 0.2) is 0 Å².